The third-order valence-corrected chi connectivity index (χ3v) is 4.64. The fourth-order valence-corrected chi connectivity index (χ4v) is 3.05. The molecule has 1 heterocycles. The molecule has 0 amide bonds. The Labute approximate surface area is 190 Å². The van der Waals surface area contributed by atoms with E-state index in [0.29, 0.717) is 29.1 Å². The quantitative estimate of drug-likeness (QED) is 0.224. The molecule has 0 N–H and O–H groups in total. The molecule has 2 rings (SSSR count). The molecule has 32 heavy (non-hydrogen) atoms. The number of methoxy groups -OCH3 is 1. The van der Waals surface area contributed by atoms with Gasteiger partial charge in [0.15, 0.2) is 0 Å². The highest BCUT2D eigenvalue weighted by molar-refractivity contribution is 5.57. The van der Waals surface area contributed by atoms with Crippen LogP contribution in [0.3, 0.4) is 0 Å². The van der Waals surface area contributed by atoms with Gasteiger partial charge in [-0.1, -0.05) is 49.6 Å². The molecule has 1 unspecified atom stereocenters. The second kappa shape index (κ2) is 12.3. The first-order valence-corrected chi connectivity index (χ1v) is 10.6. The zero-order chi connectivity index (χ0) is 23.5. The topological polar surface area (TPSA) is 50.1 Å². The monoisotopic (exact) mass is 434 g/mol. The molecule has 1 aliphatic carbocycles. The summed E-state index contributed by atoms with van der Waals surface area (Å²) < 4.78 is 20.3. The molecule has 168 valence electrons. The van der Waals surface area contributed by atoms with Gasteiger partial charge in [-0.15, -0.1) is 5.11 Å². The van der Waals surface area contributed by atoms with Gasteiger partial charge in [-0.05, 0) is 56.2 Å². The number of pyridine rings is 1. The molecule has 0 radical (unpaired) electrons. The molecule has 0 spiro atoms. The third-order valence-electron chi connectivity index (χ3n) is 4.64. The van der Waals surface area contributed by atoms with Crippen LogP contribution in [0.15, 0.2) is 113 Å². The van der Waals surface area contributed by atoms with Gasteiger partial charge in [0.25, 0.3) is 0 Å². The maximum atomic E-state index is 14.7. The van der Waals surface area contributed by atoms with Crippen molar-refractivity contribution in [1.82, 2.24) is 9.99 Å². The molecule has 0 saturated heterocycles. The summed E-state index contributed by atoms with van der Waals surface area (Å²) in [5.41, 5.74) is 2.38. The lowest BCUT2D eigenvalue weighted by molar-refractivity contribution is 0.279. The largest absolute Gasteiger partial charge is 0.497 e. The Balaban J connectivity index is 2.38. The lowest BCUT2D eigenvalue weighted by Crippen LogP contribution is -2.23. The zero-order valence-electron chi connectivity index (χ0n) is 19.2. The highest BCUT2D eigenvalue weighted by atomic mass is 19.1. The third kappa shape index (κ3) is 6.74. The van der Waals surface area contributed by atoms with E-state index in [9.17, 15) is 4.39 Å². The maximum absolute atomic E-state index is 14.7. The lowest BCUT2D eigenvalue weighted by Gasteiger charge is -2.23. The first kappa shape index (κ1) is 24.7. The number of halogens is 1. The van der Waals surface area contributed by atoms with Gasteiger partial charge >= 0.3 is 0 Å². The molecular weight excluding hydrogens is 403 g/mol. The molecule has 5 nitrogen and oxygen atoms in total. The number of rotatable bonds is 10. The van der Waals surface area contributed by atoms with E-state index in [1.54, 1.807) is 36.5 Å². The average Bonchev–Trinajstić information content (AvgIpc) is 3.00. The molecule has 1 aliphatic rings. The number of ether oxygens (including phenoxy) is 1. The normalized spacial score (nSPS) is 17.1. The molecule has 6 heteroatoms. The Morgan fingerprint density at radius 1 is 1.38 bits per heavy atom. The van der Waals surface area contributed by atoms with Crippen LogP contribution in [0, 0.1) is 5.92 Å². The van der Waals surface area contributed by atoms with Crippen LogP contribution in [0.25, 0.3) is 5.70 Å². The van der Waals surface area contributed by atoms with E-state index in [4.69, 9.17) is 4.74 Å². The van der Waals surface area contributed by atoms with Crippen LogP contribution >= 0.6 is 0 Å². The fourth-order valence-electron chi connectivity index (χ4n) is 3.05. The number of aromatic nitrogens is 1. The van der Waals surface area contributed by atoms with E-state index in [1.807, 2.05) is 63.3 Å². The van der Waals surface area contributed by atoms with Crippen molar-refractivity contribution < 1.29 is 9.13 Å². The first-order chi connectivity index (χ1) is 15.4. The van der Waals surface area contributed by atoms with Gasteiger partial charge in [0.1, 0.15) is 17.3 Å². The highest BCUT2D eigenvalue weighted by Crippen LogP contribution is 2.30. The summed E-state index contributed by atoms with van der Waals surface area (Å²) in [6.45, 7) is 13.6. The van der Waals surface area contributed by atoms with Gasteiger partial charge in [-0.2, -0.15) is 0 Å². The molecule has 1 atom stereocenters. The minimum Gasteiger partial charge on any atom is -0.497 e. The summed E-state index contributed by atoms with van der Waals surface area (Å²) in [6.07, 6.45) is 14.6. The molecule has 0 bridgehead atoms. The van der Waals surface area contributed by atoms with E-state index in [0.717, 1.165) is 5.70 Å². The minimum atomic E-state index is -0.325. The molecule has 0 aromatic carbocycles. The van der Waals surface area contributed by atoms with Gasteiger partial charge < -0.3 is 4.74 Å². The van der Waals surface area contributed by atoms with Crippen LogP contribution in [0.2, 0.25) is 0 Å². The number of nitrogens with zero attached hydrogens (tertiary/aromatic N) is 4. The predicted octanol–water partition coefficient (Wildman–Crippen LogP) is 7.11. The van der Waals surface area contributed by atoms with E-state index < -0.39 is 0 Å². The van der Waals surface area contributed by atoms with Gasteiger partial charge in [0.2, 0.25) is 0 Å². The van der Waals surface area contributed by atoms with Crippen molar-refractivity contribution in [3.8, 4) is 0 Å². The first-order valence-electron chi connectivity index (χ1n) is 10.6. The summed E-state index contributed by atoms with van der Waals surface area (Å²) in [5, 5.41) is 10.4. The van der Waals surface area contributed by atoms with Crippen LogP contribution in [0.5, 0.6) is 0 Å². The summed E-state index contributed by atoms with van der Waals surface area (Å²) in [7, 11) is 1.58. The van der Waals surface area contributed by atoms with E-state index in [2.05, 4.69) is 28.5 Å². The standard InChI is InChI=1S/C26H31FN4O/c1-7-11-24(25(27)12-8-2)21-14-15-22(18-23(17-21)32-6)31(19(3)4)30-29-20(5)26-13-9-10-16-28-26/h7,9-19,21H,1,5,8H2,2-4,6H3/b24-11-,25-12+,30-29?. The molecule has 0 aliphatic heterocycles. The Morgan fingerprint density at radius 3 is 2.75 bits per heavy atom. The SMILES string of the molecule is C=C/C=C(\C(F)=C/CC)C1C=CC(N(N=NC(=C)c2ccccn2)C(C)C)=CC(OC)=C1. The van der Waals surface area contributed by atoms with Crippen molar-refractivity contribution in [1.29, 1.82) is 0 Å². The van der Waals surface area contributed by atoms with Crippen LogP contribution in [0.1, 0.15) is 32.9 Å². The van der Waals surface area contributed by atoms with Gasteiger partial charge in [-0.3, -0.25) is 4.98 Å². The smallest absolute Gasteiger partial charge is 0.123 e. The maximum Gasteiger partial charge on any atom is 0.123 e. The van der Waals surface area contributed by atoms with Gasteiger partial charge in [0.05, 0.1) is 18.5 Å². The van der Waals surface area contributed by atoms with Crippen LogP contribution < -0.4 is 0 Å². The second-order valence-corrected chi connectivity index (χ2v) is 7.33. The Kier molecular flexibility index (Phi) is 9.54. The Hall–Kier alpha value is -3.54. The van der Waals surface area contributed by atoms with Crippen molar-refractivity contribution in [3.05, 3.63) is 109 Å². The van der Waals surface area contributed by atoms with E-state index in [1.165, 1.54) is 0 Å². The number of allylic oxidation sites excluding steroid dienone is 9. The van der Waals surface area contributed by atoms with E-state index >= 15 is 0 Å². The highest BCUT2D eigenvalue weighted by Gasteiger charge is 2.19. The molecular formula is C26H31FN4O. The van der Waals surface area contributed by atoms with Crippen molar-refractivity contribution >= 4 is 5.70 Å². The van der Waals surface area contributed by atoms with Crippen molar-refractivity contribution in [2.45, 2.75) is 33.2 Å². The van der Waals surface area contributed by atoms with Crippen molar-refractivity contribution in [3.63, 3.8) is 0 Å². The minimum absolute atomic E-state index is 0.000694. The van der Waals surface area contributed by atoms with Crippen molar-refractivity contribution in [2.24, 2.45) is 16.3 Å². The molecule has 1 aromatic heterocycles. The average molecular weight is 435 g/mol. The van der Waals surface area contributed by atoms with Crippen LogP contribution in [-0.2, 0) is 4.74 Å². The summed E-state index contributed by atoms with van der Waals surface area (Å²) >= 11 is 0. The molecule has 0 fully saturated rings. The fraction of sp³-hybridized carbons (Fsp3) is 0.269. The second-order valence-electron chi connectivity index (χ2n) is 7.33. The van der Waals surface area contributed by atoms with Crippen molar-refractivity contribution in [2.75, 3.05) is 7.11 Å². The molecule has 0 saturated carbocycles. The summed E-state index contributed by atoms with van der Waals surface area (Å²) in [4.78, 5) is 4.25. The van der Waals surface area contributed by atoms with Crippen LogP contribution in [-0.4, -0.2) is 23.1 Å². The lowest BCUT2D eigenvalue weighted by atomic mass is 9.95. The van der Waals surface area contributed by atoms with Gasteiger partial charge in [0, 0.05) is 24.2 Å². The molecule has 1 aromatic rings. The summed E-state index contributed by atoms with van der Waals surface area (Å²) in [5.74, 6) is -0.00290. The van der Waals surface area contributed by atoms with E-state index in [-0.39, 0.29) is 17.8 Å². The van der Waals surface area contributed by atoms with Crippen LogP contribution in [0.4, 0.5) is 4.39 Å². The number of hydrogen-bond acceptors (Lipinski definition) is 4. The van der Waals surface area contributed by atoms with Gasteiger partial charge in [-0.25, -0.2) is 9.40 Å². The Morgan fingerprint density at radius 2 is 2.16 bits per heavy atom. The summed E-state index contributed by atoms with van der Waals surface area (Å²) in [6, 6.07) is 5.53. The zero-order valence-corrected chi connectivity index (χ0v) is 19.2. The predicted molar refractivity (Wildman–Crippen MR) is 129 cm³/mol. The number of hydrogen-bond donors (Lipinski definition) is 0. The Bertz CT molecular complexity index is 984.